The molecular weight excluding hydrogens is 443 g/mol. The van der Waals surface area contributed by atoms with Gasteiger partial charge in [-0.1, -0.05) is 29.4 Å². The van der Waals surface area contributed by atoms with Crippen LogP contribution in [0.2, 0.25) is 5.02 Å². The van der Waals surface area contributed by atoms with E-state index >= 15 is 0 Å². The molecule has 7 nitrogen and oxygen atoms in total. The van der Waals surface area contributed by atoms with Gasteiger partial charge in [-0.2, -0.15) is 0 Å². The van der Waals surface area contributed by atoms with Crippen LogP contribution in [0.15, 0.2) is 47.6 Å². The SMILES string of the molecule is CCn1c(SCC(=O)OCC(=O)Nc2ccc(C)c(F)c2)nnc1-c1ccc(Cl)cc1. The van der Waals surface area contributed by atoms with Crippen LogP contribution in [0.1, 0.15) is 12.5 Å². The first kappa shape index (κ1) is 22.8. The minimum absolute atomic E-state index is 0.0365. The molecule has 31 heavy (non-hydrogen) atoms. The maximum Gasteiger partial charge on any atom is 0.316 e. The van der Waals surface area contributed by atoms with Gasteiger partial charge in [0, 0.05) is 22.8 Å². The number of aryl methyl sites for hydroxylation is 1. The number of carbonyl (C=O) groups is 2. The average molecular weight is 463 g/mol. The second-order valence-corrected chi connectivity index (χ2v) is 7.90. The smallest absolute Gasteiger partial charge is 0.316 e. The number of esters is 1. The Hall–Kier alpha value is -2.91. The van der Waals surface area contributed by atoms with E-state index in [0.717, 1.165) is 5.56 Å². The summed E-state index contributed by atoms with van der Waals surface area (Å²) in [6.45, 7) is 3.71. The van der Waals surface area contributed by atoms with Crippen LogP contribution in [-0.2, 0) is 20.9 Å². The highest BCUT2D eigenvalue weighted by Crippen LogP contribution is 2.25. The Kier molecular flexibility index (Phi) is 7.64. The quantitative estimate of drug-likeness (QED) is 0.396. The van der Waals surface area contributed by atoms with Crippen molar-refractivity contribution in [3.8, 4) is 11.4 Å². The van der Waals surface area contributed by atoms with E-state index in [1.165, 1.54) is 17.8 Å². The number of ether oxygens (including phenoxy) is 1. The van der Waals surface area contributed by atoms with Gasteiger partial charge in [0.25, 0.3) is 5.91 Å². The van der Waals surface area contributed by atoms with E-state index in [0.29, 0.717) is 33.8 Å². The predicted molar refractivity (Wildman–Crippen MR) is 118 cm³/mol. The summed E-state index contributed by atoms with van der Waals surface area (Å²) >= 11 is 7.09. The van der Waals surface area contributed by atoms with Crippen LogP contribution < -0.4 is 5.32 Å². The van der Waals surface area contributed by atoms with Crippen LogP contribution in [0.3, 0.4) is 0 Å². The molecule has 0 atom stereocenters. The third-order valence-electron chi connectivity index (χ3n) is 4.27. The maximum absolute atomic E-state index is 13.5. The third-order valence-corrected chi connectivity index (χ3v) is 5.47. The Bertz CT molecular complexity index is 1090. The number of anilines is 1. The Balaban J connectivity index is 1.52. The summed E-state index contributed by atoms with van der Waals surface area (Å²) in [6.07, 6.45) is 0. The van der Waals surface area contributed by atoms with Crippen LogP contribution in [0.4, 0.5) is 10.1 Å². The summed E-state index contributed by atoms with van der Waals surface area (Å²) < 4.78 is 20.4. The summed E-state index contributed by atoms with van der Waals surface area (Å²) in [5.74, 6) is -0.924. The zero-order valence-electron chi connectivity index (χ0n) is 16.9. The minimum atomic E-state index is -0.575. The number of aromatic nitrogens is 3. The van der Waals surface area contributed by atoms with Crippen LogP contribution in [-0.4, -0.2) is 39.0 Å². The van der Waals surface area contributed by atoms with E-state index in [1.54, 1.807) is 31.2 Å². The van der Waals surface area contributed by atoms with Crippen LogP contribution >= 0.6 is 23.4 Å². The molecule has 2 aromatic carbocycles. The third kappa shape index (κ3) is 6.05. The zero-order chi connectivity index (χ0) is 22.4. The van der Waals surface area contributed by atoms with Gasteiger partial charge in [0.2, 0.25) is 0 Å². The number of hydrogen-bond donors (Lipinski definition) is 1. The van der Waals surface area contributed by atoms with Gasteiger partial charge in [0.15, 0.2) is 17.6 Å². The molecule has 0 radical (unpaired) electrons. The molecule has 3 aromatic rings. The number of halogens is 2. The maximum atomic E-state index is 13.5. The van der Waals surface area contributed by atoms with E-state index in [1.807, 2.05) is 23.6 Å². The Morgan fingerprint density at radius 2 is 1.94 bits per heavy atom. The van der Waals surface area contributed by atoms with Gasteiger partial charge in [-0.15, -0.1) is 10.2 Å². The van der Waals surface area contributed by atoms with Crippen molar-refractivity contribution in [3.63, 3.8) is 0 Å². The van der Waals surface area contributed by atoms with E-state index < -0.39 is 24.3 Å². The fourth-order valence-corrected chi connectivity index (χ4v) is 3.60. The van der Waals surface area contributed by atoms with Gasteiger partial charge in [-0.05, 0) is 55.8 Å². The van der Waals surface area contributed by atoms with Crippen molar-refractivity contribution in [2.75, 3.05) is 17.7 Å². The van der Waals surface area contributed by atoms with Crippen molar-refractivity contribution in [1.82, 2.24) is 14.8 Å². The van der Waals surface area contributed by atoms with Crippen LogP contribution in [0, 0.1) is 12.7 Å². The van der Waals surface area contributed by atoms with E-state index in [9.17, 15) is 14.0 Å². The molecule has 0 fully saturated rings. The van der Waals surface area contributed by atoms with Crippen molar-refractivity contribution in [2.45, 2.75) is 25.5 Å². The van der Waals surface area contributed by atoms with Gasteiger partial charge in [-0.3, -0.25) is 9.59 Å². The lowest BCUT2D eigenvalue weighted by molar-refractivity contribution is -0.144. The molecule has 1 aromatic heterocycles. The van der Waals surface area contributed by atoms with Gasteiger partial charge in [0.05, 0.1) is 5.75 Å². The minimum Gasteiger partial charge on any atom is -0.455 e. The van der Waals surface area contributed by atoms with Crippen LogP contribution in [0.5, 0.6) is 0 Å². The fourth-order valence-electron chi connectivity index (χ4n) is 2.67. The van der Waals surface area contributed by atoms with Crippen molar-refractivity contribution < 1.29 is 18.7 Å². The zero-order valence-corrected chi connectivity index (χ0v) is 18.5. The lowest BCUT2D eigenvalue weighted by Crippen LogP contribution is -2.21. The molecule has 0 spiro atoms. The normalized spacial score (nSPS) is 10.7. The average Bonchev–Trinajstić information content (AvgIpc) is 3.17. The van der Waals surface area contributed by atoms with Gasteiger partial charge in [0.1, 0.15) is 5.82 Å². The van der Waals surface area contributed by atoms with Gasteiger partial charge < -0.3 is 14.6 Å². The van der Waals surface area contributed by atoms with Gasteiger partial charge >= 0.3 is 5.97 Å². The lowest BCUT2D eigenvalue weighted by Gasteiger charge is -2.08. The number of hydrogen-bond acceptors (Lipinski definition) is 6. The number of carbonyl (C=O) groups excluding carboxylic acids is 2. The molecule has 1 N–H and O–H groups in total. The van der Waals surface area contributed by atoms with Crippen molar-refractivity contribution in [3.05, 3.63) is 58.9 Å². The Labute approximate surface area is 188 Å². The topological polar surface area (TPSA) is 86.1 Å². The molecule has 0 saturated heterocycles. The first-order chi connectivity index (χ1) is 14.9. The van der Waals surface area contributed by atoms with E-state index in [-0.39, 0.29) is 5.75 Å². The summed E-state index contributed by atoms with van der Waals surface area (Å²) in [5, 5.41) is 12.0. The molecule has 3 rings (SSSR count). The van der Waals surface area contributed by atoms with Crippen LogP contribution in [0.25, 0.3) is 11.4 Å². The summed E-state index contributed by atoms with van der Waals surface area (Å²) in [5.41, 5.74) is 1.63. The highest BCUT2D eigenvalue weighted by Gasteiger charge is 2.16. The van der Waals surface area contributed by atoms with Gasteiger partial charge in [-0.25, -0.2) is 4.39 Å². The standard InChI is InChI=1S/C21H20ClFN4O3S/c1-3-27-20(14-5-7-15(22)8-6-14)25-26-21(27)31-12-19(29)30-11-18(28)24-16-9-4-13(2)17(23)10-16/h4-10H,3,11-12H2,1-2H3,(H,24,28). The largest absolute Gasteiger partial charge is 0.455 e. The molecule has 0 aliphatic heterocycles. The number of nitrogens with zero attached hydrogens (tertiary/aromatic N) is 3. The van der Waals surface area contributed by atoms with E-state index in [4.69, 9.17) is 16.3 Å². The number of amides is 1. The summed E-state index contributed by atoms with van der Waals surface area (Å²) in [4.78, 5) is 23.9. The molecule has 10 heteroatoms. The molecular formula is C21H20ClFN4O3S. The summed E-state index contributed by atoms with van der Waals surface area (Å²) in [6, 6.07) is 11.6. The van der Waals surface area contributed by atoms with Crippen molar-refractivity contribution >= 4 is 40.9 Å². The number of benzene rings is 2. The Morgan fingerprint density at radius 1 is 1.19 bits per heavy atom. The molecule has 162 valence electrons. The molecule has 1 amide bonds. The lowest BCUT2D eigenvalue weighted by atomic mass is 10.2. The number of thioether (sulfide) groups is 1. The first-order valence-corrected chi connectivity index (χ1v) is 10.8. The monoisotopic (exact) mass is 462 g/mol. The number of nitrogens with one attached hydrogen (secondary N) is 1. The predicted octanol–water partition coefficient (Wildman–Crippen LogP) is 4.34. The Morgan fingerprint density at radius 3 is 2.61 bits per heavy atom. The highest BCUT2D eigenvalue weighted by molar-refractivity contribution is 7.99. The number of rotatable bonds is 8. The first-order valence-electron chi connectivity index (χ1n) is 9.41. The molecule has 0 saturated carbocycles. The molecule has 1 heterocycles. The summed E-state index contributed by atoms with van der Waals surface area (Å²) in [7, 11) is 0. The molecule has 0 unspecified atom stereocenters. The second-order valence-electron chi connectivity index (χ2n) is 6.52. The van der Waals surface area contributed by atoms with Crippen molar-refractivity contribution in [2.24, 2.45) is 0 Å². The highest BCUT2D eigenvalue weighted by atomic mass is 35.5. The van der Waals surface area contributed by atoms with E-state index in [2.05, 4.69) is 15.5 Å². The second kappa shape index (κ2) is 10.4. The van der Waals surface area contributed by atoms with Crippen molar-refractivity contribution in [1.29, 1.82) is 0 Å². The molecule has 0 aliphatic rings. The molecule has 0 aliphatic carbocycles. The fraction of sp³-hybridized carbons (Fsp3) is 0.238. The molecule has 0 bridgehead atoms.